The molecule has 0 saturated heterocycles. The van der Waals surface area contributed by atoms with Gasteiger partial charge in [0.25, 0.3) is 0 Å². The van der Waals surface area contributed by atoms with E-state index in [0.29, 0.717) is 13.0 Å². The van der Waals surface area contributed by atoms with Crippen LogP contribution in [-0.4, -0.2) is 23.3 Å². The Morgan fingerprint density at radius 1 is 1.38 bits per heavy atom. The molecule has 0 aromatic rings. The van der Waals surface area contributed by atoms with Gasteiger partial charge in [0.15, 0.2) is 5.12 Å². The number of hydrogen-bond acceptors (Lipinski definition) is 3. The molecule has 0 aliphatic carbocycles. The van der Waals surface area contributed by atoms with Crippen LogP contribution < -0.4 is 5.32 Å². The van der Waals surface area contributed by atoms with Gasteiger partial charge < -0.3 is 5.32 Å². The van der Waals surface area contributed by atoms with E-state index in [4.69, 9.17) is 0 Å². The fourth-order valence-corrected chi connectivity index (χ4v) is 1.29. The molecule has 0 spiro atoms. The molecule has 76 valence electrons. The largest absolute Gasteiger partial charge is 0.355 e. The quantitative estimate of drug-likeness (QED) is 0.735. The van der Waals surface area contributed by atoms with Crippen LogP contribution >= 0.6 is 11.8 Å². The highest BCUT2D eigenvalue weighted by Crippen LogP contribution is 2.03. The summed E-state index contributed by atoms with van der Waals surface area (Å²) in [4.78, 5) is 22.1. The fourth-order valence-electron chi connectivity index (χ4n) is 0.725. The van der Waals surface area contributed by atoms with Gasteiger partial charge >= 0.3 is 0 Å². The first kappa shape index (κ1) is 12.5. The van der Waals surface area contributed by atoms with E-state index in [1.54, 1.807) is 0 Å². The average Bonchev–Trinajstić information content (AvgIpc) is 2.04. The Hall–Kier alpha value is -0.510. The molecule has 3 nitrogen and oxygen atoms in total. The summed E-state index contributed by atoms with van der Waals surface area (Å²) in [6.45, 7) is 6.06. The van der Waals surface area contributed by atoms with Gasteiger partial charge in [0.1, 0.15) is 0 Å². The normalized spacial score (nSPS) is 10.2. The van der Waals surface area contributed by atoms with Gasteiger partial charge in [-0.15, -0.1) is 0 Å². The molecule has 0 atom stereocenters. The Morgan fingerprint density at radius 2 is 2.00 bits per heavy atom. The van der Waals surface area contributed by atoms with Crippen molar-refractivity contribution in [2.24, 2.45) is 5.92 Å². The lowest BCUT2D eigenvalue weighted by atomic mass is 10.2. The van der Waals surface area contributed by atoms with Gasteiger partial charge in [-0.2, -0.15) is 0 Å². The molecule has 0 aromatic carbocycles. The third kappa shape index (κ3) is 6.63. The third-order valence-electron chi connectivity index (χ3n) is 1.46. The predicted octanol–water partition coefficient (Wildman–Crippen LogP) is 1.43. The van der Waals surface area contributed by atoms with Crippen LogP contribution in [0.2, 0.25) is 0 Å². The molecule has 0 bridgehead atoms. The molecular weight excluding hydrogens is 186 g/mol. The van der Waals surface area contributed by atoms with E-state index in [1.807, 2.05) is 20.8 Å². The van der Waals surface area contributed by atoms with Crippen molar-refractivity contribution >= 4 is 22.8 Å². The first-order valence-electron chi connectivity index (χ1n) is 4.51. The van der Waals surface area contributed by atoms with Crippen LogP contribution in [0.15, 0.2) is 0 Å². The van der Waals surface area contributed by atoms with E-state index < -0.39 is 0 Å². The Balaban J connectivity index is 3.45. The fraction of sp³-hybridized carbons (Fsp3) is 0.778. The van der Waals surface area contributed by atoms with E-state index in [2.05, 4.69) is 5.32 Å². The van der Waals surface area contributed by atoms with E-state index in [1.165, 1.54) is 11.8 Å². The molecule has 0 heterocycles. The summed E-state index contributed by atoms with van der Waals surface area (Å²) in [7, 11) is 0. The van der Waals surface area contributed by atoms with Crippen LogP contribution in [0, 0.1) is 5.92 Å². The maximum Gasteiger partial charge on any atom is 0.222 e. The van der Waals surface area contributed by atoms with Crippen molar-refractivity contribution in [3.63, 3.8) is 0 Å². The molecule has 0 aliphatic rings. The monoisotopic (exact) mass is 203 g/mol. The minimum Gasteiger partial charge on any atom is -0.355 e. The maximum atomic E-state index is 11.1. The first-order valence-corrected chi connectivity index (χ1v) is 5.49. The number of carbonyl (C=O) groups excluding carboxylic acids is 2. The number of amides is 1. The molecule has 13 heavy (non-hydrogen) atoms. The van der Waals surface area contributed by atoms with Gasteiger partial charge in [0.05, 0.1) is 0 Å². The van der Waals surface area contributed by atoms with Crippen LogP contribution in [-0.2, 0) is 9.59 Å². The number of rotatable bonds is 5. The van der Waals surface area contributed by atoms with Gasteiger partial charge in [-0.3, -0.25) is 9.59 Å². The molecule has 0 aliphatic heterocycles. The SMILES string of the molecule is CCSC(=O)CCNC(=O)C(C)C. The van der Waals surface area contributed by atoms with Gasteiger partial charge in [-0.05, 0) is 5.75 Å². The summed E-state index contributed by atoms with van der Waals surface area (Å²) in [5.74, 6) is 0.806. The number of hydrogen-bond donors (Lipinski definition) is 1. The van der Waals surface area contributed by atoms with Gasteiger partial charge in [0.2, 0.25) is 5.91 Å². The Morgan fingerprint density at radius 3 is 2.46 bits per heavy atom. The number of nitrogens with one attached hydrogen (secondary N) is 1. The van der Waals surface area contributed by atoms with E-state index in [-0.39, 0.29) is 16.9 Å². The zero-order valence-electron chi connectivity index (χ0n) is 8.42. The molecule has 0 aromatic heterocycles. The summed E-state index contributed by atoms with van der Waals surface area (Å²) in [5.41, 5.74) is 0. The van der Waals surface area contributed by atoms with Crippen LogP contribution in [0.25, 0.3) is 0 Å². The lowest BCUT2D eigenvalue weighted by Gasteiger charge is -2.06. The standard InChI is InChI=1S/C9H17NO2S/c1-4-13-8(11)5-6-10-9(12)7(2)3/h7H,4-6H2,1-3H3,(H,10,12). The number of carbonyl (C=O) groups is 2. The minimum absolute atomic E-state index is 0.00562. The second-order valence-corrected chi connectivity index (χ2v) is 4.32. The molecule has 0 radical (unpaired) electrons. The lowest BCUT2D eigenvalue weighted by Crippen LogP contribution is -2.29. The van der Waals surface area contributed by atoms with Crippen molar-refractivity contribution in [3.05, 3.63) is 0 Å². The van der Waals surface area contributed by atoms with Gasteiger partial charge in [-0.1, -0.05) is 32.5 Å². The molecule has 4 heteroatoms. The van der Waals surface area contributed by atoms with Crippen LogP contribution in [0.5, 0.6) is 0 Å². The molecule has 1 N–H and O–H groups in total. The maximum absolute atomic E-state index is 11.1. The minimum atomic E-state index is -0.00562. The lowest BCUT2D eigenvalue weighted by molar-refractivity contribution is -0.124. The van der Waals surface area contributed by atoms with E-state index >= 15 is 0 Å². The highest BCUT2D eigenvalue weighted by molar-refractivity contribution is 8.13. The van der Waals surface area contributed by atoms with Crippen molar-refractivity contribution < 1.29 is 9.59 Å². The first-order chi connectivity index (χ1) is 6.07. The topological polar surface area (TPSA) is 46.2 Å². The molecule has 0 saturated carbocycles. The Kier molecular flexibility index (Phi) is 6.68. The molecule has 0 fully saturated rings. The van der Waals surface area contributed by atoms with Crippen molar-refractivity contribution in [2.75, 3.05) is 12.3 Å². The molecule has 1 amide bonds. The average molecular weight is 203 g/mol. The van der Waals surface area contributed by atoms with Crippen molar-refractivity contribution in [1.82, 2.24) is 5.32 Å². The third-order valence-corrected chi connectivity index (χ3v) is 2.27. The Labute approximate surface area is 83.7 Å². The highest BCUT2D eigenvalue weighted by Gasteiger charge is 2.06. The van der Waals surface area contributed by atoms with Crippen LogP contribution in [0.1, 0.15) is 27.2 Å². The van der Waals surface area contributed by atoms with Gasteiger partial charge in [-0.25, -0.2) is 0 Å². The Bertz CT molecular complexity index is 180. The summed E-state index contributed by atoms with van der Waals surface area (Å²) in [6, 6.07) is 0. The molecule has 0 rings (SSSR count). The highest BCUT2D eigenvalue weighted by atomic mass is 32.2. The van der Waals surface area contributed by atoms with E-state index in [0.717, 1.165) is 5.75 Å². The zero-order chi connectivity index (χ0) is 10.3. The smallest absolute Gasteiger partial charge is 0.222 e. The zero-order valence-corrected chi connectivity index (χ0v) is 9.24. The predicted molar refractivity (Wildman–Crippen MR) is 55.6 cm³/mol. The molecular formula is C9H17NO2S. The van der Waals surface area contributed by atoms with Crippen molar-refractivity contribution in [3.8, 4) is 0 Å². The summed E-state index contributed by atoms with van der Waals surface area (Å²) < 4.78 is 0. The number of thioether (sulfide) groups is 1. The van der Waals surface area contributed by atoms with Crippen molar-refractivity contribution in [1.29, 1.82) is 0 Å². The molecule has 0 unspecified atom stereocenters. The second-order valence-electron chi connectivity index (χ2n) is 3.00. The summed E-state index contributed by atoms with van der Waals surface area (Å²) >= 11 is 1.30. The van der Waals surface area contributed by atoms with Gasteiger partial charge in [0, 0.05) is 18.9 Å². The second kappa shape index (κ2) is 6.95. The van der Waals surface area contributed by atoms with E-state index in [9.17, 15) is 9.59 Å². The van der Waals surface area contributed by atoms with Crippen LogP contribution in [0.4, 0.5) is 0 Å². The summed E-state index contributed by atoms with van der Waals surface area (Å²) in [6.07, 6.45) is 0.428. The van der Waals surface area contributed by atoms with Crippen LogP contribution in [0.3, 0.4) is 0 Å². The summed E-state index contributed by atoms with van der Waals surface area (Å²) in [5, 5.41) is 2.84. The van der Waals surface area contributed by atoms with Crippen molar-refractivity contribution in [2.45, 2.75) is 27.2 Å².